The Morgan fingerprint density at radius 1 is 1.33 bits per heavy atom. The van der Waals surface area contributed by atoms with Crippen LogP contribution in [0.1, 0.15) is 26.7 Å². The van der Waals surface area contributed by atoms with Crippen molar-refractivity contribution in [3.05, 3.63) is 12.2 Å². The molecule has 0 unspecified atom stereocenters. The van der Waals surface area contributed by atoms with Gasteiger partial charge >= 0.3 is 6.16 Å². The molecule has 0 N–H and O–H groups in total. The third-order valence-corrected chi connectivity index (χ3v) is 2.06. The van der Waals surface area contributed by atoms with Crippen LogP contribution >= 0.6 is 15.9 Å². The largest absolute Gasteiger partial charge is 0.508 e. The molecule has 0 spiro atoms. The second kappa shape index (κ2) is 10.0. The predicted molar refractivity (Wildman–Crippen MR) is 64.3 cm³/mol. The maximum absolute atomic E-state index is 11.0. The van der Waals surface area contributed by atoms with Gasteiger partial charge in [-0.1, -0.05) is 41.9 Å². The first-order valence-electron chi connectivity index (χ1n) is 5.17. The van der Waals surface area contributed by atoms with E-state index < -0.39 is 6.16 Å². The summed E-state index contributed by atoms with van der Waals surface area (Å²) in [5.74, 6) is 0.340. The molecule has 0 aliphatic carbocycles. The number of halogens is 1. The number of unbranched alkanes of at least 4 members (excludes halogenated alkanes) is 1. The van der Waals surface area contributed by atoms with Gasteiger partial charge in [-0.2, -0.15) is 0 Å². The lowest BCUT2D eigenvalue weighted by Crippen LogP contribution is -2.11. The van der Waals surface area contributed by atoms with Gasteiger partial charge < -0.3 is 9.47 Å². The Hall–Kier alpha value is -0.510. The fourth-order valence-electron chi connectivity index (χ4n) is 0.773. The summed E-state index contributed by atoms with van der Waals surface area (Å²) in [5, 5.41) is 0.995. The van der Waals surface area contributed by atoms with E-state index in [1.807, 2.05) is 26.0 Å². The average Bonchev–Trinajstić information content (AvgIpc) is 2.20. The van der Waals surface area contributed by atoms with Gasteiger partial charge in [0.05, 0.1) is 6.61 Å². The molecule has 0 radical (unpaired) electrons. The molecule has 0 heterocycles. The smallest absolute Gasteiger partial charge is 0.434 e. The second-order valence-corrected chi connectivity index (χ2v) is 4.36. The van der Waals surface area contributed by atoms with Crippen LogP contribution in [0.5, 0.6) is 0 Å². The van der Waals surface area contributed by atoms with E-state index in [9.17, 15) is 4.79 Å². The van der Waals surface area contributed by atoms with E-state index in [0.29, 0.717) is 19.1 Å². The normalized spacial score (nSPS) is 10.9. The molecule has 0 aromatic carbocycles. The summed E-state index contributed by atoms with van der Waals surface area (Å²) in [6.45, 7) is 4.66. The van der Waals surface area contributed by atoms with E-state index in [-0.39, 0.29) is 0 Å². The number of allylic oxidation sites excluding steroid dienone is 1. The van der Waals surface area contributed by atoms with Gasteiger partial charge in [-0.05, 0) is 18.8 Å². The number of carbonyl (C=O) groups is 1. The molecular formula is C11H19BrO3. The predicted octanol–water partition coefficient (Wildman–Crippen LogP) is 3.53. The Morgan fingerprint density at radius 2 is 2.07 bits per heavy atom. The van der Waals surface area contributed by atoms with E-state index >= 15 is 0 Å². The summed E-state index contributed by atoms with van der Waals surface area (Å²) in [5.41, 5.74) is 0. The van der Waals surface area contributed by atoms with Crippen molar-refractivity contribution in [3.8, 4) is 0 Å². The highest BCUT2D eigenvalue weighted by Gasteiger charge is 2.03. The quantitative estimate of drug-likeness (QED) is 0.309. The monoisotopic (exact) mass is 278 g/mol. The van der Waals surface area contributed by atoms with Crippen molar-refractivity contribution < 1.29 is 14.3 Å². The molecule has 0 fully saturated rings. The van der Waals surface area contributed by atoms with Gasteiger partial charge in [0.1, 0.15) is 6.61 Å². The third kappa shape index (κ3) is 11.4. The van der Waals surface area contributed by atoms with E-state index in [1.54, 1.807) is 0 Å². The topological polar surface area (TPSA) is 35.5 Å². The lowest BCUT2D eigenvalue weighted by molar-refractivity contribution is 0.0550. The van der Waals surface area contributed by atoms with Crippen LogP contribution in [0.25, 0.3) is 0 Å². The number of alkyl halides is 1. The Balaban J connectivity index is 3.34. The fourth-order valence-corrected chi connectivity index (χ4v) is 1.10. The van der Waals surface area contributed by atoms with Crippen molar-refractivity contribution >= 4 is 22.1 Å². The number of hydrogen-bond acceptors (Lipinski definition) is 3. The van der Waals surface area contributed by atoms with Crippen LogP contribution in [0, 0.1) is 5.92 Å². The molecule has 0 amide bonds. The SMILES string of the molecule is CC(C)COC(=O)OC/C=C/CCCBr. The van der Waals surface area contributed by atoms with E-state index in [4.69, 9.17) is 9.47 Å². The Bertz CT molecular complexity index is 190. The lowest BCUT2D eigenvalue weighted by atomic mass is 10.2. The molecule has 0 aliphatic heterocycles. The van der Waals surface area contributed by atoms with Crippen LogP contribution in [-0.2, 0) is 9.47 Å². The van der Waals surface area contributed by atoms with Gasteiger partial charge in [0.15, 0.2) is 0 Å². The summed E-state index contributed by atoms with van der Waals surface area (Å²) in [6, 6.07) is 0. The molecule has 4 heteroatoms. The summed E-state index contributed by atoms with van der Waals surface area (Å²) >= 11 is 3.34. The van der Waals surface area contributed by atoms with Crippen molar-refractivity contribution in [1.29, 1.82) is 0 Å². The average molecular weight is 279 g/mol. The van der Waals surface area contributed by atoms with Crippen LogP contribution in [0.3, 0.4) is 0 Å². The number of hydrogen-bond donors (Lipinski definition) is 0. The van der Waals surface area contributed by atoms with Gasteiger partial charge in [-0.25, -0.2) is 4.79 Å². The summed E-state index contributed by atoms with van der Waals surface area (Å²) in [7, 11) is 0. The van der Waals surface area contributed by atoms with Crippen LogP contribution < -0.4 is 0 Å². The van der Waals surface area contributed by atoms with Gasteiger partial charge in [0.2, 0.25) is 0 Å². The second-order valence-electron chi connectivity index (χ2n) is 3.57. The Morgan fingerprint density at radius 3 is 2.67 bits per heavy atom. The minimum absolute atomic E-state index is 0.291. The van der Waals surface area contributed by atoms with Gasteiger partial charge in [0.25, 0.3) is 0 Å². The first kappa shape index (κ1) is 14.5. The molecule has 0 bridgehead atoms. The molecule has 0 aromatic rings. The molecule has 3 nitrogen and oxygen atoms in total. The van der Waals surface area contributed by atoms with Crippen LogP contribution in [0.2, 0.25) is 0 Å². The molecule has 15 heavy (non-hydrogen) atoms. The van der Waals surface area contributed by atoms with Crippen molar-refractivity contribution in [1.82, 2.24) is 0 Å². The number of rotatable bonds is 7. The van der Waals surface area contributed by atoms with Gasteiger partial charge in [0, 0.05) is 5.33 Å². The Kier molecular flexibility index (Phi) is 9.68. The standard InChI is InChI=1S/C11H19BrO3/c1-10(2)9-15-11(13)14-8-6-4-3-5-7-12/h4,6,10H,3,5,7-9H2,1-2H3/b6-4+. The zero-order chi connectivity index (χ0) is 11.5. The highest BCUT2D eigenvalue weighted by atomic mass is 79.9. The molecule has 0 rings (SSSR count). The number of carbonyl (C=O) groups excluding carboxylic acids is 1. The highest BCUT2D eigenvalue weighted by Crippen LogP contribution is 1.97. The molecule has 0 saturated carbocycles. The van der Waals surface area contributed by atoms with Crippen LogP contribution in [0.15, 0.2) is 12.2 Å². The number of ether oxygens (including phenoxy) is 2. The minimum atomic E-state index is -0.589. The minimum Gasteiger partial charge on any atom is -0.434 e. The molecule has 0 aromatic heterocycles. The molecule has 0 saturated heterocycles. The van der Waals surface area contributed by atoms with Crippen molar-refractivity contribution in [3.63, 3.8) is 0 Å². The molecule has 0 atom stereocenters. The maximum atomic E-state index is 11.0. The maximum Gasteiger partial charge on any atom is 0.508 e. The lowest BCUT2D eigenvalue weighted by Gasteiger charge is -2.06. The van der Waals surface area contributed by atoms with Crippen LogP contribution in [-0.4, -0.2) is 24.7 Å². The third-order valence-electron chi connectivity index (χ3n) is 1.50. The molecular weight excluding hydrogens is 260 g/mol. The summed E-state index contributed by atoms with van der Waals surface area (Å²) in [4.78, 5) is 11.0. The Labute approximate surface area is 100.0 Å². The van der Waals surface area contributed by atoms with E-state index in [0.717, 1.165) is 18.2 Å². The van der Waals surface area contributed by atoms with Crippen molar-refractivity contribution in [2.45, 2.75) is 26.7 Å². The zero-order valence-corrected chi connectivity index (χ0v) is 11.0. The molecule has 0 aliphatic rings. The highest BCUT2D eigenvalue weighted by molar-refractivity contribution is 9.09. The van der Waals surface area contributed by atoms with Gasteiger partial charge in [-0.3, -0.25) is 0 Å². The van der Waals surface area contributed by atoms with Crippen LogP contribution in [0.4, 0.5) is 4.79 Å². The fraction of sp³-hybridized carbons (Fsp3) is 0.727. The first-order chi connectivity index (χ1) is 7.16. The van der Waals surface area contributed by atoms with Crippen molar-refractivity contribution in [2.75, 3.05) is 18.5 Å². The van der Waals surface area contributed by atoms with Gasteiger partial charge in [-0.15, -0.1) is 0 Å². The van der Waals surface area contributed by atoms with E-state index in [1.165, 1.54) is 0 Å². The first-order valence-corrected chi connectivity index (χ1v) is 6.29. The van der Waals surface area contributed by atoms with E-state index in [2.05, 4.69) is 15.9 Å². The zero-order valence-electron chi connectivity index (χ0n) is 9.37. The summed E-state index contributed by atoms with van der Waals surface area (Å²) < 4.78 is 9.64. The molecule has 88 valence electrons. The van der Waals surface area contributed by atoms with Crippen molar-refractivity contribution in [2.24, 2.45) is 5.92 Å². The summed E-state index contributed by atoms with van der Waals surface area (Å²) in [6.07, 6.45) is 5.33.